The lowest BCUT2D eigenvalue weighted by molar-refractivity contribution is 0.0738. The van der Waals surface area contributed by atoms with Crippen molar-refractivity contribution in [2.75, 3.05) is 33.9 Å². The van der Waals surface area contributed by atoms with Crippen molar-refractivity contribution in [3.63, 3.8) is 0 Å². The van der Waals surface area contributed by atoms with Gasteiger partial charge in [0.05, 0.1) is 18.5 Å². The normalized spacial score (nSPS) is 13.8. The lowest BCUT2D eigenvalue weighted by Gasteiger charge is -2.14. The maximum absolute atomic E-state index is 15.9. The van der Waals surface area contributed by atoms with Gasteiger partial charge in [-0.15, -0.1) is 0 Å². The topological polar surface area (TPSA) is 47.4 Å². The highest BCUT2D eigenvalue weighted by Gasteiger charge is 2.24. The molecule has 0 aliphatic heterocycles. The molecule has 182 valence electrons. The number of nitrogens with zero attached hydrogens (tertiary/aromatic N) is 3. The number of ketones is 1. The number of Topliss-reactive ketones (excluding diaryl/α,β-unsaturated/α-hetero) is 1. The van der Waals surface area contributed by atoms with E-state index in [4.69, 9.17) is 16.3 Å². The first kappa shape index (κ1) is 24.8. The lowest BCUT2D eigenvalue weighted by atomic mass is 9.94. The molecular weight excluding hydrogens is 453 g/mol. The van der Waals surface area contributed by atoms with E-state index in [0.29, 0.717) is 46.1 Å². The summed E-state index contributed by atoms with van der Waals surface area (Å²) in [5, 5.41) is 0.634. The lowest BCUT2D eigenvalue weighted by Crippen LogP contribution is -2.15. The van der Waals surface area contributed by atoms with Crippen molar-refractivity contribution < 1.29 is 13.9 Å². The van der Waals surface area contributed by atoms with E-state index in [1.54, 1.807) is 18.5 Å². The zero-order valence-corrected chi connectivity index (χ0v) is 21.0. The molecule has 0 unspecified atom stereocenters. The highest BCUT2D eigenvalue weighted by Crippen LogP contribution is 2.30. The molecule has 1 aliphatic rings. The van der Waals surface area contributed by atoms with Gasteiger partial charge in [0.15, 0.2) is 11.6 Å². The van der Waals surface area contributed by atoms with E-state index in [1.807, 2.05) is 23.6 Å². The number of halogens is 2. The molecule has 7 heteroatoms. The molecule has 34 heavy (non-hydrogen) atoms. The Morgan fingerprint density at radius 3 is 2.76 bits per heavy atom. The molecule has 0 bridgehead atoms. The number of carbonyl (C=O) groups is 1. The van der Waals surface area contributed by atoms with E-state index >= 15 is 4.39 Å². The van der Waals surface area contributed by atoms with E-state index in [1.165, 1.54) is 0 Å². The van der Waals surface area contributed by atoms with Crippen molar-refractivity contribution in [2.45, 2.75) is 45.6 Å². The van der Waals surface area contributed by atoms with Crippen molar-refractivity contribution in [2.24, 2.45) is 5.92 Å². The molecule has 1 fully saturated rings. The fourth-order valence-electron chi connectivity index (χ4n) is 4.24. The Balaban J connectivity index is 1.66. The van der Waals surface area contributed by atoms with Gasteiger partial charge in [-0.1, -0.05) is 17.7 Å². The van der Waals surface area contributed by atoms with Gasteiger partial charge < -0.3 is 14.2 Å². The van der Waals surface area contributed by atoms with Crippen LogP contribution in [0.4, 0.5) is 4.39 Å². The number of benzene rings is 2. The van der Waals surface area contributed by atoms with Gasteiger partial charge in [0.1, 0.15) is 12.1 Å². The standard InChI is InChI=1S/C27H33ClFN3O2/c1-18-12-21(28)9-8-20(18)13-23-22(25(33)16-34-15-19-6-7-19)14-24-27(26(23)29)30-17-32(24)11-5-4-10-31(2)3/h8-9,12,14,17,19H,4-7,10-11,13,15-16H2,1-3H3. The van der Waals surface area contributed by atoms with Gasteiger partial charge in [-0.2, -0.15) is 0 Å². The molecule has 0 saturated heterocycles. The van der Waals surface area contributed by atoms with Crippen molar-refractivity contribution in [3.8, 4) is 0 Å². The number of carbonyl (C=O) groups excluding carboxylic acids is 1. The number of hydrogen-bond donors (Lipinski definition) is 0. The second kappa shape index (κ2) is 11.0. The molecule has 1 saturated carbocycles. The van der Waals surface area contributed by atoms with Crippen LogP contribution >= 0.6 is 11.6 Å². The second-order valence-corrected chi connectivity index (χ2v) is 10.1. The number of rotatable bonds is 12. The maximum atomic E-state index is 15.9. The average Bonchev–Trinajstić information content (AvgIpc) is 3.52. The first-order valence-corrected chi connectivity index (χ1v) is 12.4. The van der Waals surface area contributed by atoms with Gasteiger partial charge in [-0.3, -0.25) is 4.79 Å². The smallest absolute Gasteiger partial charge is 0.188 e. The van der Waals surface area contributed by atoms with Crippen molar-refractivity contribution in [3.05, 3.63) is 63.7 Å². The summed E-state index contributed by atoms with van der Waals surface area (Å²) >= 11 is 6.11. The Morgan fingerprint density at radius 1 is 1.26 bits per heavy atom. The Kier molecular flexibility index (Phi) is 8.02. The third kappa shape index (κ3) is 6.04. The fraction of sp³-hybridized carbons (Fsp3) is 0.481. The van der Waals surface area contributed by atoms with Crippen LogP contribution in [0, 0.1) is 18.7 Å². The third-order valence-corrected chi connectivity index (χ3v) is 6.70. The quantitative estimate of drug-likeness (QED) is 0.244. The summed E-state index contributed by atoms with van der Waals surface area (Å²) in [7, 11) is 4.10. The minimum Gasteiger partial charge on any atom is -0.373 e. The Morgan fingerprint density at radius 2 is 2.06 bits per heavy atom. The van der Waals surface area contributed by atoms with Crippen LogP contribution in [0.25, 0.3) is 11.0 Å². The number of ether oxygens (including phenoxy) is 1. The van der Waals surface area contributed by atoms with Crippen LogP contribution < -0.4 is 0 Å². The van der Waals surface area contributed by atoms with Crippen molar-refractivity contribution in [1.82, 2.24) is 14.5 Å². The molecular formula is C27H33ClFN3O2. The number of unbranched alkanes of at least 4 members (excludes halogenated alkanes) is 1. The van der Waals surface area contributed by atoms with Crippen molar-refractivity contribution >= 4 is 28.4 Å². The molecule has 5 nitrogen and oxygen atoms in total. The predicted octanol–water partition coefficient (Wildman–Crippen LogP) is 5.68. The van der Waals surface area contributed by atoms with E-state index < -0.39 is 5.82 Å². The molecule has 2 aromatic carbocycles. The molecule has 3 aromatic rings. The molecule has 1 aromatic heterocycles. The van der Waals surface area contributed by atoms with Crippen LogP contribution in [0.15, 0.2) is 30.6 Å². The van der Waals surface area contributed by atoms with Crippen LogP contribution in [0.1, 0.15) is 52.7 Å². The van der Waals surface area contributed by atoms with E-state index in [-0.39, 0.29) is 12.4 Å². The van der Waals surface area contributed by atoms with Gasteiger partial charge in [0, 0.05) is 29.1 Å². The van der Waals surface area contributed by atoms with E-state index in [2.05, 4.69) is 24.0 Å². The Bertz CT molecular complexity index is 1170. The molecule has 1 aliphatic carbocycles. The Labute approximate surface area is 205 Å². The predicted molar refractivity (Wildman–Crippen MR) is 134 cm³/mol. The van der Waals surface area contributed by atoms with Crippen LogP contribution in [-0.2, 0) is 17.7 Å². The van der Waals surface area contributed by atoms with E-state index in [0.717, 1.165) is 49.9 Å². The maximum Gasteiger partial charge on any atom is 0.188 e. The van der Waals surface area contributed by atoms with Gasteiger partial charge >= 0.3 is 0 Å². The molecule has 0 amide bonds. The average molecular weight is 486 g/mol. The number of aromatic nitrogens is 2. The van der Waals surface area contributed by atoms with Crippen LogP contribution in [-0.4, -0.2) is 54.1 Å². The Hall–Kier alpha value is -2.28. The largest absolute Gasteiger partial charge is 0.373 e. The highest BCUT2D eigenvalue weighted by atomic mass is 35.5. The van der Waals surface area contributed by atoms with Gasteiger partial charge in [0.25, 0.3) is 0 Å². The van der Waals surface area contributed by atoms with Crippen molar-refractivity contribution in [1.29, 1.82) is 0 Å². The highest BCUT2D eigenvalue weighted by molar-refractivity contribution is 6.30. The molecule has 4 rings (SSSR count). The van der Waals surface area contributed by atoms with Gasteiger partial charge in [-0.25, -0.2) is 9.37 Å². The molecule has 0 spiro atoms. The summed E-state index contributed by atoms with van der Waals surface area (Å²) < 4.78 is 23.5. The SMILES string of the molecule is Cc1cc(Cl)ccc1Cc1c(C(=O)COCC2CC2)cc2c(ncn2CCCCN(C)C)c1F. The summed E-state index contributed by atoms with van der Waals surface area (Å²) in [4.78, 5) is 19.7. The monoisotopic (exact) mass is 485 g/mol. The first-order valence-electron chi connectivity index (χ1n) is 12.0. The minimum absolute atomic E-state index is 0.0367. The van der Waals surface area contributed by atoms with Crippen LogP contribution in [0.5, 0.6) is 0 Å². The number of fused-ring (bicyclic) bond motifs is 1. The molecule has 0 atom stereocenters. The number of hydrogen-bond acceptors (Lipinski definition) is 4. The zero-order chi connectivity index (χ0) is 24.2. The summed E-state index contributed by atoms with van der Waals surface area (Å²) in [5.74, 6) is -0.0559. The molecule has 0 N–H and O–H groups in total. The number of imidazole rings is 1. The minimum atomic E-state index is -0.426. The summed E-state index contributed by atoms with van der Waals surface area (Å²) in [6.45, 7) is 4.22. The van der Waals surface area contributed by atoms with Gasteiger partial charge in [-0.05, 0) is 88.5 Å². The second-order valence-electron chi connectivity index (χ2n) is 9.66. The summed E-state index contributed by atoms with van der Waals surface area (Å²) in [5.41, 5.74) is 3.61. The molecule has 1 heterocycles. The van der Waals surface area contributed by atoms with Gasteiger partial charge in [0.2, 0.25) is 0 Å². The zero-order valence-electron chi connectivity index (χ0n) is 20.2. The van der Waals surface area contributed by atoms with E-state index in [9.17, 15) is 4.79 Å². The fourth-order valence-corrected chi connectivity index (χ4v) is 4.46. The van der Waals surface area contributed by atoms with Crippen LogP contribution in [0.3, 0.4) is 0 Å². The first-order chi connectivity index (χ1) is 16.3. The van der Waals surface area contributed by atoms with Crippen LogP contribution in [0.2, 0.25) is 5.02 Å². The molecule has 0 radical (unpaired) electrons. The summed E-state index contributed by atoms with van der Waals surface area (Å²) in [6, 6.07) is 7.35. The summed E-state index contributed by atoms with van der Waals surface area (Å²) in [6.07, 6.45) is 6.27. The third-order valence-electron chi connectivity index (χ3n) is 6.47. The number of aryl methyl sites for hydroxylation is 2.